The Morgan fingerprint density at radius 3 is 2.75 bits per heavy atom. The van der Waals surface area contributed by atoms with Crippen LogP contribution in [0.5, 0.6) is 0 Å². The summed E-state index contributed by atoms with van der Waals surface area (Å²) in [6.07, 6.45) is 0. The minimum Gasteiger partial charge on any atom is -0.378 e. The minimum absolute atomic E-state index is 0.194. The van der Waals surface area contributed by atoms with Crippen LogP contribution in [-0.2, 0) is 13.6 Å². The van der Waals surface area contributed by atoms with Crippen LogP contribution >= 0.6 is 0 Å². The van der Waals surface area contributed by atoms with Crippen molar-refractivity contribution in [2.75, 3.05) is 5.32 Å². The maximum Gasteiger partial charge on any atom is 0.128 e. The molecule has 3 aromatic rings. The third-order valence-electron chi connectivity index (χ3n) is 3.50. The van der Waals surface area contributed by atoms with Gasteiger partial charge in [-0.15, -0.1) is 0 Å². The van der Waals surface area contributed by atoms with Gasteiger partial charge in [0.25, 0.3) is 0 Å². The third-order valence-corrected chi connectivity index (χ3v) is 3.50. The molecule has 20 heavy (non-hydrogen) atoms. The number of hydrogen-bond acceptors (Lipinski definition) is 2. The van der Waals surface area contributed by atoms with E-state index in [9.17, 15) is 4.39 Å². The molecule has 0 aliphatic rings. The van der Waals surface area contributed by atoms with Crippen LogP contribution in [0, 0.1) is 12.7 Å². The standard InChI is InChI=1S/C16H16FN3/c1-11-7-8-12(9-13(11)17)18-10-16-19-14-5-3-4-6-15(14)20(16)2/h3-9,18H,10H2,1-2H3. The van der Waals surface area contributed by atoms with E-state index in [1.54, 1.807) is 13.0 Å². The molecule has 0 aliphatic heterocycles. The fourth-order valence-corrected chi connectivity index (χ4v) is 2.24. The van der Waals surface area contributed by atoms with E-state index < -0.39 is 0 Å². The summed E-state index contributed by atoms with van der Waals surface area (Å²) < 4.78 is 15.5. The number of nitrogens with zero attached hydrogens (tertiary/aromatic N) is 2. The van der Waals surface area contributed by atoms with Gasteiger partial charge in [0, 0.05) is 12.7 Å². The predicted octanol–water partition coefficient (Wildman–Crippen LogP) is 3.63. The molecule has 0 unspecified atom stereocenters. The van der Waals surface area contributed by atoms with Crippen molar-refractivity contribution in [1.82, 2.24) is 9.55 Å². The van der Waals surface area contributed by atoms with E-state index in [2.05, 4.69) is 10.3 Å². The molecule has 3 nitrogen and oxygen atoms in total. The van der Waals surface area contributed by atoms with Gasteiger partial charge < -0.3 is 9.88 Å². The van der Waals surface area contributed by atoms with E-state index in [0.29, 0.717) is 12.1 Å². The number of imidazole rings is 1. The van der Waals surface area contributed by atoms with Crippen LogP contribution in [0.4, 0.5) is 10.1 Å². The zero-order valence-electron chi connectivity index (χ0n) is 11.5. The number of aryl methyl sites for hydroxylation is 2. The number of aromatic nitrogens is 2. The number of hydrogen-bond donors (Lipinski definition) is 1. The minimum atomic E-state index is -0.194. The number of benzene rings is 2. The first kappa shape index (κ1) is 12.7. The zero-order chi connectivity index (χ0) is 14.1. The topological polar surface area (TPSA) is 29.9 Å². The Morgan fingerprint density at radius 1 is 1.20 bits per heavy atom. The molecule has 3 rings (SSSR count). The summed E-state index contributed by atoms with van der Waals surface area (Å²) in [5.41, 5.74) is 3.49. The van der Waals surface area contributed by atoms with Gasteiger partial charge in [0.2, 0.25) is 0 Å². The van der Waals surface area contributed by atoms with E-state index in [1.807, 2.05) is 41.9 Å². The lowest BCUT2D eigenvalue weighted by Gasteiger charge is -2.07. The van der Waals surface area contributed by atoms with Gasteiger partial charge in [-0.05, 0) is 36.8 Å². The molecule has 0 spiro atoms. The molecular weight excluding hydrogens is 253 g/mol. The van der Waals surface area contributed by atoms with Crippen molar-refractivity contribution in [3.8, 4) is 0 Å². The van der Waals surface area contributed by atoms with E-state index in [-0.39, 0.29) is 5.82 Å². The Kier molecular flexibility index (Phi) is 3.14. The SMILES string of the molecule is Cc1ccc(NCc2nc3ccccc3n2C)cc1F. The van der Waals surface area contributed by atoms with Crippen molar-refractivity contribution >= 4 is 16.7 Å². The molecule has 0 radical (unpaired) electrons. The molecule has 4 heteroatoms. The van der Waals surface area contributed by atoms with Gasteiger partial charge in [0.1, 0.15) is 11.6 Å². The predicted molar refractivity (Wildman–Crippen MR) is 79.2 cm³/mol. The van der Waals surface area contributed by atoms with Crippen LogP contribution in [0.2, 0.25) is 0 Å². The highest BCUT2D eigenvalue weighted by Crippen LogP contribution is 2.17. The highest BCUT2D eigenvalue weighted by Gasteiger charge is 2.07. The van der Waals surface area contributed by atoms with Crippen molar-refractivity contribution in [1.29, 1.82) is 0 Å². The van der Waals surface area contributed by atoms with Gasteiger partial charge in [0.15, 0.2) is 0 Å². The van der Waals surface area contributed by atoms with Gasteiger partial charge >= 0.3 is 0 Å². The number of halogens is 1. The van der Waals surface area contributed by atoms with Crippen molar-refractivity contribution in [3.05, 3.63) is 59.7 Å². The van der Waals surface area contributed by atoms with Gasteiger partial charge in [-0.3, -0.25) is 0 Å². The van der Waals surface area contributed by atoms with Crippen molar-refractivity contribution in [3.63, 3.8) is 0 Å². The van der Waals surface area contributed by atoms with Crippen LogP contribution in [0.25, 0.3) is 11.0 Å². The maximum absolute atomic E-state index is 13.5. The monoisotopic (exact) mass is 269 g/mol. The molecule has 0 bridgehead atoms. The van der Waals surface area contributed by atoms with Crippen molar-refractivity contribution < 1.29 is 4.39 Å². The maximum atomic E-state index is 13.5. The fraction of sp³-hybridized carbons (Fsp3) is 0.188. The highest BCUT2D eigenvalue weighted by atomic mass is 19.1. The molecule has 1 heterocycles. The molecule has 0 amide bonds. The van der Waals surface area contributed by atoms with E-state index in [4.69, 9.17) is 0 Å². The number of nitrogens with one attached hydrogen (secondary N) is 1. The summed E-state index contributed by atoms with van der Waals surface area (Å²) in [6, 6.07) is 13.2. The van der Waals surface area contributed by atoms with Crippen LogP contribution in [0.15, 0.2) is 42.5 Å². The molecule has 1 aromatic heterocycles. The first-order valence-electron chi connectivity index (χ1n) is 6.55. The Hall–Kier alpha value is -2.36. The Bertz CT molecular complexity index is 762. The Morgan fingerprint density at radius 2 is 2.00 bits per heavy atom. The Balaban J connectivity index is 1.83. The molecule has 0 atom stereocenters. The third kappa shape index (κ3) is 2.25. The number of anilines is 1. The molecule has 0 saturated carbocycles. The Labute approximate surface area is 117 Å². The first-order valence-corrected chi connectivity index (χ1v) is 6.55. The lowest BCUT2D eigenvalue weighted by atomic mass is 10.2. The molecule has 2 aromatic carbocycles. The molecular formula is C16H16FN3. The number of para-hydroxylation sites is 2. The average Bonchev–Trinajstić information content (AvgIpc) is 2.77. The van der Waals surface area contributed by atoms with Gasteiger partial charge in [-0.1, -0.05) is 18.2 Å². The van der Waals surface area contributed by atoms with Crippen molar-refractivity contribution in [2.24, 2.45) is 7.05 Å². The lowest BCUT2D eigenvalue weighted by Crippen LogP contribution is -2.06. The summed E-state index contributed by atoms with van der Waals surface area (Å²) in [5, 5.41) is 3.21. The normalized spacial score (nSPS) is 10.9. The first-order chi connectivity index (χ1) is 9.65. The van der Waals surface area contributed by atoms with Crippen LogP contribution < -0.4 is 5.32 Å². The molecule has 0 saturated heterocycles. The summed E-state index contributed by atoms with van der Waals surface area (Å²) >= 11 is 0. The van der Waals surface area contributed by atoms with E-state index in [0.717, 1.165) is 22.5 Å². The van der Waals surface area contributed by atoms with Crippen LogP contribution in [0.3, 0.4) is 0 Å². The van der Waals surface area contributed by atoms with Crippen LogP contribution in [-0.4, -0.2) is 9.55 Å². The quantitative estimate of drug-likeness (QED) is 0.786. The summed E-state index contributed by atoms with van der Waals surface area (Å²) in [5.74, 6) is 0.729. The van der Waals surface area contributed by atoms with Gasteiger partial charge in [-0.25, -0.2) is 9.37 Å². The van der Waals surface area contributed by atoms with Gasteiger partial charge in [-0.2, -0.15) is 0 Å². The molecule has 1 N–H and O–H groups in total. The summed E-state index contributed by atoms with van der Waals surface area (Å²) in [6.45, 7) is 2.32. The second kappa shape index (κ2) is 4.96. The van der Waals surface area contributed by atoms with E-state index >= 15 is 0 Å². The van der Waals surface area contributed by atoms with Crippen molar-refractivity contribution in [2.45, 2.75) is 13.5 Å². The second-order valence-electron chi connectivity index (χ2n) is 4.89. The molecule has 0 fully saturated rings. The fourth-order valence-electron chi connectivity index (χ4n) is 2.24. The summed E-state index contributed by atoms with van der Waals surface area (Å²) in [4.78, 5) is 4.57. The second-order valence-corrected chi connectivity index (χ2v) is 4.89. The summed E-state index contributed by atoms with van der Waals surface area (Å²) in [7, 11) is 1.99. The highest BCUT2D eigenvalue weighted by molar-refractivity contribution is 5.75. The van der Waals surface area contributed by atoms with Gasteiger partial charge in [0.05, 0.1) is 17.6 Å². The van der Waals surface area contributed by atoms with Crippen LogP contribution in [0.1, 0.15) is 11.4 Å². The largest absolute Gasteiger partial charge is 0.378 e. The number of rotatable bonds is 3. The van der Waals surface area contributed by atoms with E-state index in [1.165, 1.54) is 6.07 Å². The smallest absolute Gasteiger partial charge is 0.128 e. The average molecular weight is 269 g/mol. The number of fused-ring (bicyclic) bond motifs is 1. The zero-order valence-corrected chi connectivity index (χ0v) is 11.5. The molecule has 102 valence electrons. The lowest BCUT2D eigenvalue weighted by molar-refractivity contribution is 0.619. The molecule has 0 aliphatic carbocycles.